The summed E-state index contributed by atoms with van der Waals surface area (Å²) in [4.78, 5) is 28.5. The third kappa shape index (κ3) is 4.01. The van der Waals surface area contributed by atoms with Crippen molar-refractivity contribution in [1.29, 1.82) is 0 Å². The fourth-order valence-electron chi connectivity index (χ4n) is 2.41. The first-order chi connectivity index (χ1) is 13.4. The van der Waals surface area contributed by atoms with Crippen molar-refractivity contribution < 1.29 is 22.8 Å². The predicted octanol–water partition coefficient (Wildman–Crippen LogP) is 4.31. The second-order valence-corrected chi connectivity index (χ2v) is 5.91. The number of aryl methyl sites for hydroxylation is 1. The molecule has 2 aromatic carbocycles. The number of hydrogen-bond acceptors (Lipinski definition) is 3. The van der Waals surface area contributed by atoms with Gasteiger partial charge in [0, 0.05) is 18.1 Å². The zero-order valence-electron chi connectivity index (χ0n) is 14.6. The van der Waals surface area contributed by atoms with Crippen LogP contribution in [0.2, 0.25) is 0 Å². The maximum absolute atomic E-state index is 13.7. The summed E-state index contributed by atoms with van der Waals surface area (Å²) < 4.78 is 40.0. The first-order valence-electron chi connectivity index (χ1n) is 8.13. The van der Waals surface area contributed by atoms with Gasteiger partial charge in [0.25, 0.3) is 11.8 Å². The van der Waals surface area contributed by atoms with Crippen molar-refractivity contribution in [3.63, 3.8) is 0 Å². The van der Waals surface area contributed by atoms with Crippen LogP contribution < -0.4 is 10.6 Å². The monoisotopic (exact) mass is 385 g/mol. The quantitative estimate of drug-likeness (QED) is 0.658. The molecule has 2 N–H and O–H groups in total. The Morgan fingerprint density at radius 2 is 1.43 bits per heavy atom. The molecule has 0 unspecified atom stereocenters. The van der Waals surface area contributed by atoms with Crippen LogP contribution in [0.3, 0.4) is 0 Å². The van der Waals surface area contributed by atoms with Gasteiger partial charge in [-0.05, 0) is 36.8 Å². The van der Waals surface area contributed by atoms with Gasteiger partial charge in [0.1, 0.15) is 0 Å². The van der Waals surface area contributed by atoms with Crippen LogP contribution in [0.25, 0.3) is 0 Å². The van der Waals surface area contributed by atoms with Crippen molar-refractivity contribution >= 4 is 23.2 Å². The van der Waals surface area contributed by atoms with Crippen molar-refractivity contribution in [2.75, 3.05) is 10.6 Å². The van der Waals surface area contributed by atoms with Gasteiger partial charge in [-0.25, -0.2) is 13.2 Å². The standard InChI is InChI=1S/C20H14F3N3O2/c1-11-4-2-3-5-15(11)25-19(27)12-8-13(10-24-9-12)20(28)26-16-7-6-14(21)17(22)18(16)23/h2-10H,1H3,(H,25,27)(H,26,28). The van der Waals surface area contributed by atoms with E-state index in [0.29, 0.717) is 11.8 Å². The highest BCUT2D eigenvalue weighted by Gasteiger charge is 2.17. The molecule has 5 nitrogen and oxygen atoms in total. The number of carbonyl (C=O) groups is 2. The molecule has 1 aromatic heterocycles. The molecule has 3 aromatic rings. The Labute approximate surface area is 158 Å². The Morgan fingerprint density at radius 1 is 0.821 bits per heavy atom. The number of pyridine rings is 1. The molecule has 0 saturated heterocycles. The summed E-state index contributed by atoms with van der Waals surface area (Å²) in [6.45, 7) is 1.83. The number of para-hydroxylation sites is 1. The number of carbonyl (C=O) groups excluding carboxylic acids is 2. The lowest BCUT2D eigenvalue weighted by molar-refractivity contribution is 0.102. The molecular weight excluding hydrogens is 371 g/mol. The number of halogens is 3. The molecule has 0 fully saturated rings. The molecule has 0 aliphatic carbocycles. The van der Waals surface area contributed by atoms with Gasteiger partial charge in [0.05, 0.1) is 16.8 Å². The predicted molar refractivity (Wildman–Crippen MR) is 97.6 cm³/mol. The SMILES string of the molecule is Cc1ccccc1NC(=O)c1cncc(C(=O)Nc2ccc(F)c(F)c2F)c1. The summed E-state index contributed by atoms with van der Waals surface area (Å²) in [5.41, 5.74) is 0.972. The van der Waals surface area contributed by atoms with E-state index in [-0.39, 0.29) is 11.1 Å². The van der Waals surface area contributed by atoms with E-state index in [0.717, 1.165) is 17.8 Å². The lowest BCUT2D eigenvalue weighted by Gasteiger charge is -2.10. The van der Waals surface area contributed by atoms with Gasteiger partial charge in [0.2, 0.25) is 0 Å². The van der Waals surface area contributed by atoms with Crippen LogP contribution in [0.4, 0.5) is 24.5 Å². The fraction of sp³-hybridized carbons (Fsp3) is 0.0500. The third-order valence-electron chi connectivity index (χ3n) is 3.94. The van der Waals surface area contributed by atoms with Gasteiger partial charge in [-0.15, -0.1) is 0 Å². The minimum atomic E-state index is -1.69. The normalized spacial score (nSPS) is 10.4. The fourth-order valence-corrected chi connectivity index (χ4v) is 2.41. The average molecular weight is 385 g/mol. The van der Waals surface area contributed by atoms with Gasteiger partial charge in [-0.3, -0.25) is 14.6 Å². The van der Waals surface area contributed by atoms with Crippen molar-refractivity contribution in [2.24, 2.45) is 0 Å². The van der Waals surface area contributed by atoms with Crippen molar-refractivity contribution in [2.45, 2.75) is 6.92 Å². The van der Waals surface area contributed by atoms with E-state index in [2.05, 4.69) is 15.6 Å². The van der Waals surface area contributed by atoms with Gasteiger partial charge >= 0.3 is 0 Å². The van der Waals surface area contributed by atoms with Crippen LogP contribution >= 0.6 is 0 Å². The van der Waals surface area contributed by atoms with E-state index in [9.17, 15) is 22.8 Å². The highest BCUT2D eigenvalue weighted by molar-refractivity contribution is 6.08. The van der Waals surface area contributed by atoms with Gasteiger partial charge in [0.15, 0.2) is 17.5 Å². The highest BCUT2D eigenvalue weighted by Crippen LogP contribution is 2.20. The number of rotatable bonds is 4. The number of nitrogens with one attached hydrogen (secondary N) is 2. The zero-order chi connectivity index (χ0) is 20.3. The molecule has 0 aliphatic heterocycles. The summed E-state index contributed by atoms with van der Waals surface area (Å²) >= 11 is 0. The van der Waals surface area contributed by atoms with Crippen molar-refractivity contribution in [3.8, 4) is 0 Å². The molecule has 0 spiro atoms. The Morgan fingerprint density at radius 3 is 2.07 bits per heavy atom. The van der Waals surface area contributed by atoms with Crippen molar-refractivity contribution in [3.05, 3.63) is 89.0 Å². The molecule has 0 saturated carbocycles. The molecular formula is C20H14F3N3O2. The average Bonchev–Trinajstić information content (AvgIpc) is 2.70. The Hall–Kier alpha value is -3.68. The first-order valence-corrected chi connectivity index (χ1v) is 8.13. The minimum absolute atomic E-state index is 0.0541. The minimum Gasteiger partial charge on any atom is -0.322 e. The number of nitrogens with zero attached hydrogens (tertiary/aromatic N) is 1. The van der Waals surface area contributed by atoms with Crippen LogP contribution in [-0.2, 0) is 0 Å². The van der Waals surface area contributed by atoms with Gasteiger partial charge in [-0.1, -0.05) is 18.2 Å². The van der Waals surface area contributed by atoms with Crippen LogP contribution in [0.15, 0.2) is 54.9 Å². The summed E-state index contributed by atoms with van der Waals surface area (Å²) in [7, 11) is 0. The molecule has 2 amide bonds. The maximum atomic E-state index is 13.7. The highest BCUT2D eigenvalue weighted by atomic mass is 19.2. The van der Waals surface area contributed by atoms with Crippen LogP contribution in [-0.4, -0.2) is 16.8 Å². The molecule has 3 rings (SSSR count). The second kappa shape index (κ2) is 7.91. The summed E-state index contributed by atoms with van der Waals surface area (Å²) in [5, 5.41) is 4.83. The molecule has 0 aliphatic rings. The van der Waals surface area contributed by atoms with Gasteiger partial charge < -0.3 is 10.6 Å². The lowest BCUT2D eigenvalue weighted by Crippen LogP contribution is -2.17. The Balaban J connectivity index is 1.79. The zero-order valence-corrected chi connectivity index (χ0v) is 14.6. The lowest BCUT2D eigenvalue weighted by atomic mass is 10.1. The smallest absolute Gasteiger partial charge is 0.257 e. The summed E-state index contributed by atoms with van der Waals surface area (Å²) in [6, 6.07) is 9.99. The first kappa shape index (κ1) is 19.1. The van der Waals surface area contributed by atoms with E-state index >= 15 is 0 Å². The van der Waals surface area contributed by atoms with E-state index in [1.54, 1.807) is 12.1 Å². The number of anilines is 2. The van der Waals surface area contributed by atoms with E-state index in [1.165, 1.54) is 12.3 Å². The molecule has 0 atom stereocenters. The molecule has 8 heteroatoms. The van der Waals surface area contributed by atoms with Gasteiger partial charge in [-0.2, -0.15) is 0 Å². The van der Waals surface area contributed by atoms with Crippen molar-refractivity contribution in [1.82, 2.24) is 4.98 Å². The molecule has 0 bridgehead atoms. The van der Waals surface area contributed by atoms with Crippen LogP contribution in [0, 0.1) is 24.4 Å². The maximum Gasteiger partial charge on any atom is 0.257 e. The summed E-state index contributed by atoms with van der Waals surface area (Å²) in [6.07, 6.45) is 2.43. The summed E-state index contributed by atoms with van der Waals surface area (Å²) in [5.74, 6) is -5.90. The van der Waals surface area contributed by atoms with Crippen LogP contribution in [0.5, 0.6) is 0 Å². The number of aromatic nitrogens is 1. The number of hydrogen-bond donors (Lipinski definition) is 2. The third-order valence-corrected chi connectivity index (χ3v) is 3.94. The Kier molecular flexibility index (Phi) is 5.39. The second-order valence-electron chi connectivity index (χ2n) is 5.91. The number of amides is 2. The topological polar surface area (TPSA) is 71.1 Å². The van der Waals surface area contributed by atoms with E-state index < -0.39 is 35.0 Å². The molecule has 28 heavy (non-hydrogen) atoms. The van der Waals surface area contributed by atoms with E-state index in [4.69, 9.17) is 0 Å². The largest absolute Gasteiger partial charge is 0.322 e. The Bertz CT molecular complexity index is 1070. The molecule has 142 valence electrons. The molecule has 0 radical (unpaired) electrons. The van der Waals surface area contributed by atoms with E-state index in [1.807, 2.05) is 19.1 Å². The molecule has 1 heterocycles. The van der Waals surface area contributed by atoms with Crippen LogP contribution in [0.1, 0.15) is 26.3 Å². The number of benzene rings is 2.